The van der Waals surface area contributed by atoms with Gasteiger partial charge in [0, 0.05) is 48.7 Å². The summed E-state index contributed by atoms with van der Waals surface area (Å²) in [6.07, 6.45) is 7.51. The van der Waals surface area contributed by atoms with Crippen LogP contribution < -0.4 is 0 Å². The first-order valence-electron chi connectivity index (χ1n) is 9.18. The molecule has 1 aromatic carbocycles. The van der Waals surface area contributed by atoms with Crippen LogP contribution in [0.5, 0.6) is 0 Å². The molecule has 0 fully saturated rings. The summed E-state index contributed by atoms with van der Waals surface area (Å²) >= 11 is 1.52. The number of thiazole rings is 1. The highest BCUT2D eigenvalue weighted by Crippen LogP contribution is 2.39. The highest BCUT2D eigenvalue weighted by atomic mass is 32.1. The minimum atomic E-state index is -1.08. The van der Waals surface area contributed by atoms with Gasteiger partial charge in [-0.25, -0.2) is 19.9 Å². The number of benzene rings is 1. The van der Waals surface area contributed by atoms with E-state index >= 15 is 0 Å². The summed E-state index contributed by atoms with van der Waals surface area (Å²) < 4.78 is 2.00. The summed E-state index contributed by atoms with van der Waals surface area (Å²) in [5, 5.41) is 21.3. The number of aryl methyl sites for hydroxylation is 1. The summed E-state index contributed by atoms with van der Waals surface area (Å²) in [6, 6.07) is 7.88. The molecule has 0 amide bonds. The van der Waals surface area contributed by atoms with Crippen molar-refractivity contribution in [1.82, 2.24) is 34.7 Å². The third kappa shape index (κ3) is 2.44. The van der Waals surface area contributed by atoms with E-state index in [-0.39, 0.29) is 0 Å². The second-order valence-electron chi connectivity index (χ2n) is 7.00. The summed E-state index contributed by atoms with van der Waals surface area (Å²) in [4.78, 5) is 17.7. The van der Waals surface area contributed by atoms with Gasteiger partial charge in [-0.1, -0.05) is 18.2 Å². The molecule has 142 valence electrons. The van der Waals surface area contributed by atoms with E-state index in [1.165, 1.54) is 11.3 Å². The number of nitrogens with zero attached hydrogens (tertiary/aromatic N) is 6. The smallest absolute Gasteiger partial charge is 0.200 e. The summed E-state index contributed by atoms with van der Waals surface area (Å²) in [5.74, 6) is 0.691. The zero-order chi connectivity index (χ0) is 19.4. The van der Waals surface area contributed by atoms with Crippen LogP contribution in [0.2, 0.25) is 0 Å². The fourth-order valence-electron chi connectivity index (χ4n) is 3.88. The molecule has 29 heavy (non-hydrogen) atoms. The van der Waals surface area contributed by atoms with Crippen molar-refractivity contribution in [3.8, 4) is 22.0 Å². The largest absolute Gasteiger partial charge is 0.377 e. The molecule has 1 aliphatic rings. The Labute approximate surface area is 169 Å². The molecule has 0 bridgehead atoms. The van der Waals surface area contributed by atoms with Gasteiger partial charge in [0.25, 0.3) is 0 Å². The molecule has 0 saturated carbocycles. The standard InChI is InChI=1S/C20H15N7OS/c28-20(4-8-27-9-7-23-19(20)27)13-3-1-2-12(10-13)14-11-29-18(24-14)16-15-17(26-25-16)22-6-5-21-15/h1-3,5-7,9-11,28H,4,8H2,(H,22,25,26)/t20-/m1/s1. The molecular weight excluding hydrogens is 386 g/mol. The molecule has 5 aromatic rings. The molecule has 0 spiro atoms. The Bertz CT molecular complexity index is 1350. The van der Waals surface area contributed by atoms with Crippen LogP contribution >= 0.6 is 11.3 Å². The van der Waals surface area contributed by atoms with Crippen molar-refractivity contribution in [3.63, 3.8) is 0 Å². The number of aliphatic hydroxyl groups is 1. The topological polar surface area (TPSA) is 105 Å². The van der Waals surface area contributed by atoms with Gasteiger partial charge in [-0.2, -0.15) is 5.10 Å². The van der Waals surface area contributed by atoms with Crippen molar-refractivity contribution in [2.75, 3.05) is 0 Å². The van der Waals surface area contributed by atoms with E-state index in [0.29, 0.717) is 23.4 Å². The van der Waals surface area contributed by atoms with Gasteiger partial charge in [0.1, 0.15) is 27.6 Å². The predicted molar refractivity (Wildman–Crippen MR) is 108 cm³/mol. The number of aromatic nitrogens is 7. The van der Waals surface area contributed by atoms with Crippen molar-refractivity contribution in [3.05, 3.63) is 65.8 Å². The maximum Gasteiger partial charge on any atom is 0.200 e. The summed E-state index contributed by atoms with van der Waals surface area (Å²) in [6.45, 7) is 0.755. The van der Waals surface area contributed by atoms with E-state index in [1.807, 2.05) is 40.4 Å². The number of H-pyrrole nitrogens is 1. The van der Waals surface area contributed by atoms with Gasteiger partial charge < -0.3 is 9.67 Å². The van der Waals surface area contributed by atoms with E-state index in [4.69, 9.17) is 4.98 Å². The normalized spacial score (nSPS) is 18.4. The van der Waals surface area contributed by atoms with E-state index in [0.717, 1.165) is 34.1 Å². The van der Waals surface area contributed by atoms with E-state index < -0.39 is 5.60 Å². The van der Waals surface area contributed by atoms with Crippen LogP contribution in [0.25, 0.3) is 33.1 Å². The number of hydrogen-bond donors (Lipinski definition) is 2. The van der Waals surface area contributed by atoms with Crippen LogP contribution in [-0.4, -0.2) is 39.8 Å². The van der Waals surface area contributed by atoms with Gasteiger partial charge in [-0.3, -0.25) is 5.10 Å². The third-order valence-electron chi connectivity index (χ3n) is 5.34. The van der Waals surface area contributed by atoms with E-state index in [1.54, 1.807) is 18.6 Å². The van der Waals surface area contributed by atoms with Gasteiger partial charge in [0.2, 0.25) is 0 Å². The van der Waals surface area contributed by atoms with Gasteiger partial charge in [0.15, 0.2) is 5.65 Å². The molecule has 0 aliphatic carbocycles. The monoisotopic (exact) mass is 401 g/mol. The number of nitrogens with one attached hydrogen (secondary N) is 1. The average molecular weight is 401 g/mol. The fourth-order valence-corrected chi connectivity index (χ4v) is 4.70. The van der Waals surface area contributed by atoms with Crippen molar-refractivity contribution >= 4 is 22.5 Å². The summed E-state index contributed by atoms with van der Waals surface area (Å²) in [5.41, 5.74) is 3.56. The lowest BCUT2D eigenvalue weighted by Crippen LogP contribution is -2.25. The van der Waals surface area contributed by atoms with Crippen molar-refractivity contribution in [2.24, 2.45) is 0 Å². The second-order valence-corrected chi connectivity index (χ2v) is 7.86. The Morgan fingerprint density at radius 2 is 2.07 bits per heavy atom. The maximum atomic E-state index is 11.3. The Morgan fingerprint density at radius 3 is 3.03 bits per heavy atom. The highest BCUT2D eigenvalue weighted by Gasteiger charge is 2.40. The SMILES string of the molecule is O[C@@]1(c2cccc(-c3csc(-c4[nH]nc5nccnc45)n3)c2)CCn2ccnc21. The number of rotatable bonds is 3. The van der Waals surface area contributed by atoms with Crippen molar-refractivity contribution in [1.29, 1.82) is 0 Å². The van der Waals surface area contributed by atoms with Crippen LogP contribution in [0.4, 0.5) is 0 Å². The van der Waals surface area contributed by atoms with Gasteiger partial charge in [-0.15, -0.1) is 11.3 Å². The molecule has 0 radical (unpaired) electrons. The molecule has 4 aromatic heterocycles. The fraction of sp³-hybridized carbons (Fsp3) is 0.150. The van der Waals surface area contributed by atoms with Crippen molar-refractivity contribution in [2.45, 2.75) is 18.6 Å². The molecule has 8 nitrogen and oxygen atoms in total. The van der Waals surface area contributed by atoms with Crippen LogP contribution in [0.3, 0.4) is 0 Å². The Kier molecular flexibility index (Phi) is 3.44. The lowest BCUT2D eigenvalue weighted by Gasteiger charge is -2.22. The molecule has 0 saturated heterocycles. The molecule has 0 unspecified atom stereocenters. The zero-order valence-electron chi connectivity index (χ0n) is 15.1. The maximum absolute atomic E-state index is 11.3. The first-order chi connectivity index (χ1) is 14.2. The van der Waals surface area contributed by atoms with Crippen molar-refractivity contribution < 1.29 is 5.11 Å². The number of aromatic amines is 1. The lowest BCUT2D eigenvalue weighted by atomic mass is 9.90. The minimum Gasteiger partial charge on any atom is -0.377 e. The molecule has 2 N–H and O–H groups in total. The Morgan fingerprint density at radius 1 is 1.14 bits per heavy atom. The molecule has 6 rings (SSSR count). The van der Waals surface area contributed by atoms with Crippen LogP contribution in [0, 0.1) is 0 Å². The zero-order valence-corrected chi connectivity index (χ0v) is 16.0. The predicted octanol–water partition coefficient (Wildman–Crippen LogP) is 2.98. The summed E-state index contributed by atoms with van der Waals surface area (Å²) in [7, 11) is 0. The van der Waals surface area contributed by atoms with Crippen LogP contribution in [0.1, 0.15) is 17.8 Å². The van der Waals surface area contributed by atoms with E-state index in [9.17, 15) is 5.11 Å². The molecule has 5 heterocycles. The first-order valence-corrected chi connectivity index (χ1v) is 10.1. The van der Waals surface area contributed by atoms with Gasteiger partial charge >= 0.3 is 0 Å². The lowest BCUT2D eigenvalue weighted by molar-refractivity contribution is 0.0786. The molecule has 1 atom stereocenters. The van der Waals surface area contributed by atoms with Crippen LogP contribution in [0.15, 0.2) is 54.4 Å². The van der Waals surface area contributed by atoms with Gasteiger partial charge in [0.05, 0.1) is 5.69 Å². The Hall–Kier alpha value is -3.43. The number of imidazole rings is 1. The highest BCUT2D eigenvalue weighted by molar-refractivity contribution is 7.13. The van der Waals surface area contributed by atoms with E-state index in [2.05, 4.69) is 25.1 Å². The molecule has 9 heteroatoms. The third-order valence-corrected chi connectivity index (χ3v) is 6.20. The average Bonchev–Trinajstić information content (AvgIpc) is 3.53. The Balaban J connectivity index is 1.40. The second kappa shape index (κ2) is 6.03. The molecular formula is C20H15N7OS. The number of fused-ring (bicyclic) bond motifs is 2. The molecule has 1 aliphatic heterocycles. The number of hydrogen-bond acceptors (Lipinski definition) is 7. The van der Waals surface area contributed by atoms with Gasteiger partial charge in [-0.05, 0) is 11.6 Å². The first kappa shape index (κ1) is 16.5. The minimum absolute atomic E-state index is 0.570. The quantitative estimate of drug-likeness (QED) is 0.481. The van der Waals surface area contributed by atoms with Crippen LogP contribution in [-0.2, 0) is 12.1 Å².